The van der Waals surface area contributed by atoms with Gasteiger partial charge in [-0.1, -0.05) is 31.5 Å². The minimum atomic E-state index is -1.02. The van der Waals surface area contributed by atoms with Gasteiger partial charge < -0.3 is 15.0 Å². The molecule has 2 heterocycles. The summed E-state index contributed by atoms with van der Waals surface area (Å²) in [5.41, 5.74) is 4.25. The predicted molar refractivity (Wildman–Crippen MR) is 110 cm³/mol. The molecule has 27 heavy (non-hydrogen) atoms. The largest absolute Gasteiger partial charge is 0.550 e. The molecule has 1 aromatic carbocycles. The second-order valence-electron chi connectivity index (χ2n) is 6.41. The SMILES string of the molecule is CCc1cccc2c1N=C/C2=C\c1sc(=S)n(CCCCCC(=O)[O-])c1O. The Hall–Kier alpha value is -2.25. The minimum Gasteiger partial charge on any atom is -0.550 e. The molecule has 0 spiro atoms. The van der Waals surface area contributed by atoms with Crippen molar-refractivity contribution in [1.82, 2.24) is 4.57 Å². The first-order valence-electron chi connectivity index (χ1n) is 9.01. The Labute approximate surface area is 167 Å². The van der Waals surface area contributed by atoms with Crippen LogP contribution in [0.5, 0.6) is 5.88 Å². The second-order valence-corrected chi connectivity index (χ2v) is 8.09. The van der Waals surface area contributed by atoms with Crippen molar-refractivity contribution in [3.05, 3.63) is 38.2 Å². The summed E-state index contributed by atoms with van der Waals surface area (Å²) in [6, 6.07) is 6.15. The fourth-order valence-electron chi connectivity index (χ4n) is 3.14. The predicted octanol–water partition coefficient (Wildman–Crippen LogP) is 4.11. The summed E-state index contributed by atoms with van der Waals surface area (Å²) in [5.74, 6) is -0.866. The lowest BCUT2D eigenvalue weighted by molar-refractivity contribution is -0.305. The average Bonchev–Trinajstić information content (AvgIpc) is 3.17. The van der Waals surface area contributed by atoms with E-state index in [-0.39, 0.29) is 12.3 Å². The molecule has 0 fully saturated rings. The number of para-hydroxylation sites is 1. The molecular weight excluding hydrogens is 380 g/mol. The summed E-state index contributed by atoms with van der Waals surface area (Å²) >= 11 is 6.76. The third kappa shape index (κ3) is 4.36. The number of fused-ring (bicyclic) bond motifs is 1. The molecule has 0 saturated heterocycles. The second kappa shape index (κ2) is 8.63. The average molecular weight is 402 g/mol. The van der Waals surface area contributed by atoms with E-state index in [0.717, 1.165) is 36.1 Å². The maximum Gasteiger partial charge on any atom is 0.210 e. The number of carboxylic acids is 1. The van der Waals surface area contributed by atoms with Crippen LogP contribution in [0.4, 0.5) is 5.69 Å². The number of aliphatic imine (C=N–C) groups is 1. The van der Waals surface area contributed by atoms with Gasteiger partial charge in [-0.25, -0.2) is 0 Å². The summed E-state index contributed by atoms with van der Waals surface area (Å²) in [5, 5.41) is 21.0. The molecule has 1 aliphatic heterocycles. The molecule has 142 valence electrons. The molecular formula is C20H21N2O3S2-. The van der Waals surface area contributed by atoms with Crippen molar-refractivity contribution in [3.8, 4) is 5.88 Å². The fraction of sp³-hybridized carbons (Fsp3) is 0.350. The molecule has 1 aromatic heterocycles. The molecule has 0 amide bonds. The smallest absolute Gasteiger partial charge is 0.210 e. The normalized spacial score (nSPS) is 14.0. The Morgan fingerprint density at radius 3 is 2.93 bits per heavy atom. The first-order chi connectivity index (χ1) is 13.0. The number of nitrogens with zero attached hydrogens (tertiary/aromatic N) is 2. The topological polar surface area (TPSA) is 77.7 Å². The van der Waals surface area contributed by atoms with Gasteiger partial charge in [-0.3, -0.25) is 9.56 Å². The molecule has 0 unspecified atom stereocenters. The molecule has 2 aromatic rings. The Kier molecular flexibility index (Phi) is 6.23. The molecule has 0 aliphatic carbocycles. The van der Waals surface area contributed by atoms with Gasteiger partial charge in [0, 0.05) is 29.9 Å². The van der Waals surface area contributed by atoms with E-state index in [1.807, 2.05) is 24.4 Å². The highest BCUT2D eigenvalue weighted by Crippen LogP contribution is 2.38. The number of thiazole rings is 1. The van der Waals surface area contributed by atoms with Crippen LogP contribution in [-0.2, 0) is 17.8 Å². The number of aromatic nitrogens is 1. The standard InChI is InChI=1S/C20H22N2O3S2/c1-2-13-7-6-8-15-14(12-21-18(13)15)11-16-19(25)22(20(26)27-16)10-5-3-4-9-17(23)24/h6-8,11-12,25H,2-5,9-10H2,1H3,(H,23,24)/p-1/b14-11+. The van der Waals surface area contributed by atoms with E-state index in [2.05, 4.69) is 18.0 Å². The van der Waals surface area contributed by atoms with Gasteiger partial charge in [0.2, 0.25) is 5.88 Å². The number of benzene rings is 1. The molecule has 7 heteroatoms. The van der Waals surface area contributed by atoms with Crippen LogP contribution in [0.15, 0.2) is 23.2 Å². The van der Waals surface area contributed by atoms with Crippen LogP contribution in [0.1, 0.15) is 48.6 Å². The van der Waals surface area contributed by atoms with E-state index in [4.69, 9.17) is 12.2 Å². The van der Waals surface area contributed by atoms with Gasteiger partial charge in [0.05, 0.1) is 10.6 Å². The molecule has 1 N–H and O–H groups in total. The van der Waals surface area contributed by atoms with E-state index in [0.29, 0.717) is 21.8 Å². The van der Waals surface area contributed by atoms with Crippen molar-refractivity contribution < 1.29 is 15.0 Å². The van der Waals surface area contributed by atoms with E-state index < -0.39 is 5.97 Å². The maximum absolute atomic E-state index is 10.6. The van der Waals surface area contributed by atoms with Gasteiger partial charge in [-0.15, -0.1) is 11.3 Å². The van der Waals surface area contributed by atoms with Crippen molar-refractivity contribution in [2.45, 2.75) is 45.6 Å². The van der Waals surface area contributed by atoms with Crippen molar-refractivity contribution >= 4 is 53.1 Å². The molecule has 0 bridgehead atoms. The van der Waals surface area contributed by atoms with Crippen LogP contribution < -0.4 is 5.11 Å². The number of hydrogen-bond acceptors (Lipinski definition) is 6. The Balaban J connectivity index is 1.77. The first kappa shape index (κ1) is 19.5. The third-order valence-electron chi connectivity index (χ3n) is 4.59. The number of aryl methyl sites for hydroxylation is 1. The van der Waals surface area contributed by atoms with Gasteiger partial charge in [0.15, 0.2) is 3.95 Å². The van der Waals surface area contributed by atoms with Gasteiger partial charge in [0.1, 0.15) is 0 Å². The highest BCUT2D eigenvalue weighted by Gasteiger charge is 2.17. The van der Waals surface area contributed by atoms with Crippen molar-refractivity contribution in [2.75, 3.05) is 0 Å². The maximum atomic E-state index is 10.6. The lowest BCUT2D eigenvalue weighted by Crippen LogP contribution is -2.21. The summed E-state index contributed by atoms with van der Waals surface area (Å²) in [6.07, 6.45) is 6.83. The van der Waals surface area contributed by atoms with Crippen LogP contribution in [0.3, 0.4) is 0 Å². The number of carboxylic acid groups (broad SMARTS) is 1. The molecule has 0 radical (unpaired) electrons. The summed E-state index contributed by atoms with van der Waals surface area (Å²) in [6.45, 7) is 2.68. The van der Waals surface area contributed by atoms with E-state index >= 15 is 0 Å². The lowest BCUT2D eigenvalue weighted by Gasteiger charge is -2.06. The summed E-state index contributed by atoms with van der Waals surface area (Å²) in [4.78, 5) is 15.7. The van der Waals surface area contributed by atoms with Gasteiger partial charge >= 0.3 is 0 Å². The number of rotatable bonds is 8. The first-order valence-corrected chi connectivity index (χ1v) is 10.2. The van der Waals surface area contributed by atoms with Gasteiger partial charge in [-0.05, 0) is 49.5 Å². The zero-order chi connectivity index (χ0) is 19.4. The third-order valence-corrected chi connectivity index (χ3v) is 5.97. The Bertz CT molecular complexity index is 970. The number of hydrogen-bond donors (Lipinski definition) is 1. The van der Waals surface area contributed by atoms with E-state index in [9.17, 15) is 15.0 Å². The fourth-order valence-corrected chi connectivity index (χ4v) is 4.45. The van der Waals surface area contributed by atoms with Crippen LogP contribution in [-0.4, -0.2) is 21.9 Å². The van der Waals surface area contributed by atoms with Crippen molar-refractivity contribution in [3.63, 3.8) is 0 Å². The quantitative estimate of drug-likeness (QED) is 0.533. The molecule has 0 atom stereocenters. The van der Waals surface area contributed by atoms with Gasteiger partial charge in [-0.2, -0.15) is 0 Å². The zero-order valence-corrected chi connectivity index (χ0v) is 16.7. The van der Waals surface area contributed by atoms with E-state index in [1.54, 1.807) is 4.57 Å². The number of aliphatic carboxylic acids is 1. The van der Waals surface area contributed by atoms with Gasteiger partial charge in [0.25, 0.3) is 0 Å². The van der Waals surface area contributed by atoms with E-state index in [1.165, 1.54) is 16.9 Å². The van der Waals surface area contributed by atoms with Crippen LogP contribution in [0.25, 0.3) is 11.6 Å². The highest BCUT2D eigenvalue weighted by atomic mass is 32.1. The summed E-state index contributed by atoms with van der Waals surface area (Å²) < 4.78 is 2.32. The molecule has 1 aliphatic rings. The number of unbranched alkanes of at least 4 members (excludes halogenated alkanes) is 2. The number of carbonyl (C=O) groups excluding carboxylic acids is 1. The summed E-state index contributed by atoms with van der Waals surface area (Å²) in [7, 11) is 0. The van der Waals surface area contributed by atoms with Crippen molar-refractivity contribution in [2.24, 2.45) is 4.99 Å². The molecule has 3 rings (SSSR count). The highest BCUT2D eigenvalue weighted by molar-refractivity contribution is 7.73. The van der Waals surface area contributed by atoms with Crippen LogP contribution in [0.2, 0.25) is 0 Å². The number of carbonyl (C=O) groups is 1. The molecule has 5 nitrogen and oxygen atoms in total. The zero-order valence-electron chi connectivity index (χ0n) is 15.1. The number of aromatic hydroxyl groups is 1. The van der Waals surface area contributed by atoms with Crippen molar-refractivity contribution in [1.29, 1.82) is 0 Å². The minimum absolute atomic E-state index is 0.0663. The monoisotopic (exact) mass is 401 g/mol. The molecule has 0 saturated carbocycles. The Morgan fingerprint density at radius 2 is 2.19 bits per heavy atom. The van der Waals surface area contributed by atoms with Crippen LogP contribution >= 0.6 is 23.6 Å². The number of allylic oxidation sites excluding steroid dienone is 1. The lowest BCUT2D eigenvalue weighted by atomic mass is 10.0. The Morgan fingerprint density at radius 1 is 1.37 bits per heavy atom. The van der Waals surface area contributed by atoms with Crippen LogP contribution in [0, 0.1) is 3.95 Å².